The summed E-state index contributed by atoms with van der Waals surface area (Å²) in [5.41, 5.74) is -0.287. The van der Waals surface area contributed by atoms with Crippen LogP contribution >= 0.6 is 0 Å². The van der Waals surface area contributed by atoms with E-state index in [0.717, 1.165) is 37.5 Å². The summed E-state index contributed by atoms with van der Waals surface area (Å²) in [6.07, 6.45) is 7.95. The zero-order valence-corrected chi connectivity index (χ0v) is 11.7. The fourth-order valence-corrected chi connectivity index (χ4v) is 3.28. The molecule has 1 aromatic heterocycles. The molecule has 19 heavy (non-hydrogen) atoms. The van der Waals surface area contributed by atoms with E-state index >= 15 is 0 Å². The number of nitrogens with one attached hydrogen (secondary N) is 1. The van der Waals surface area contributed by atoms with Crippen molar-refractivity contribution >= 4 is 0 Å². The van der Waals surface area contributed by atoms with Gasteiger partial charge in [0, 0.05) is 6.61 Å². The summed E-state index contributed by atoms with van der Waals surface area (Å²) in [7, 11) is 0. The van der Waals surface area contributed by atoms with Crippen LogP contribution in [-0.4, -0.2) is 23.3 Å². The van der Waals surface area contributed by atoms with Gasteiger partial charge in [0.1, 0.15) is 5.60 Å². The van der Waals surface area contributed by atoms with Crippen LogP contribution in [0.3, 0.4) is 0 Å². The van der Waals surface area contributed by atoms with Gasteiger partial charge in [-0.15, -0.1) is 0 Å². The summed E-state index contributed by atoms with van der Waals surface area (Å²) in [6.45, 7) is 3.77. The summed E-state index contributed by atoms with van der Waals surface area (Å²) in [4.78, 5) is 4.64. The van der Waals surface area contributed by atoms with Gasteiger partial charge in [0.2, 0.25) is 11.7 Å². The topological polar surface area (TPSA) is 60.2 Å². The van der Waals surface area contributed by atoms with Crippen molar-refractivity contribution in [1.29, 1.82) is 0 Å². The Morgan fingerprint density at radius 2 is 2.16 bits per heavy atom. The first-order valence-corrected chi connectivity index (χ1v) is 7.55. The lowest BCUT2D eigenvalue weighted by Crippen LogP contribution is -2.29. The maximum Gasteiger partial charge on any atom is 0.243 e. The van der Waals surface area contributed by atoms with E-state index < -0.39 is 0 Å². The van der Waals surface area contributed by atoms with E-state index in [2.05, 4.69) is 15.5 Å². The van der Waals surface area contributed by atoms with Crippen molar-refractivity contribution in [3.63, 3.8) is 0 Å². The van der Waals surface area contributed by atoms with Gasteiger partial charge < -0.3 is 14.6 Å². The Morgan fingerprint density at radius 3 is 2.84 bits per heavy atom. The molecule has 2 fully saturated rings. The first-order valence-electron chi connectivity index (χ1n) is 7.55. The van der Waals surface area contributed by atoms with Gasteiger partial charge in [0.15, 0.2) is 0 Å². The van der Waals surface area contributed by atoms with E-state index in [-0.39, 0.29) is 11.6 Å². The van der Waals surface area contributed by atoms with Gasteiger partial charge in [-0.2, -0.15) is 4.98 Å². The predicted octanol–water partition coefficient (Wildman–Crippen LogP) is 2.69. The Balaban J connectivity index is 1.79. The molecular weight excluding hydrogens is 242 g/mol. The SMILES string of the molecule is CCOC1(c2noc(C3CCCCN3)n2)CCCC1. The standard InChI is InChI=1S/C14H23N3O2/c1-2-18-14(8-4-5-9-14)13-16-12(19-17-13)11-7-3-6-10-15-11/h11,15H,2-10H2,1H3. The fourth-order valence-electron chi connectivity index (χ4n) is 3.28. The third kappa shape index (κ3) is 2.54. The summed E-state index contributed by atoms with van der Waals surface area (Å²) >= 11 is 0. The third-order valence-corrected chi connectivity index (χ3v) is 4.29. The van der Waals surface area contributed by atoms with Crippen LogP contribution in [0.1, 0.15) is 69.6 Å². The van der Waals surface area contributed by atoms with Crippen LogP contribution in [0, 0.1) is 0 Å². The molecule has 1 aliphatic carbocycles. The van der Waals surface area contributed by atoms with Gasteiger partial charge in [0.25, 0.3) is 0 Å². The predicted molar refractivity (Wildman–Crippen MR) is 70.7 cm³/mol. The highest BCUT2D eigenvalue weighted by atomic mass is 16.5. The van der Waals surface area contributed by atoms with E-state index in [9.17, 15) is 0 Å². The maximum absolute atomic E-state index is 5.97. The lowest BCUT2D eigenvalue weighted by molar-refractivity contribution is -0.0469. The van der Waals surface area contributed by atoms with Gasteiger partial charge in [0.05, 0.1) is 6.04 Å². The number of piperidine rings is 1. The molecule has 0 aromatic carbocycles. The van der Waals surface area contributed by atoms with E-state index in [1.54, 1.807) is 0 Å². The van der Waals surface area contributed by atoms with Crippen LogP contribution in [0.5, 0.6) is 0 Å². The average Bonchev–Trinajstić information content (AvgIpc) is 3.09. The zero-order chi connectivity index (χ0) is 13.1. The van der Waals surface area contributed by atoms with Crippen molar-refractivity contribution in [2.75, 3.05) is 13.2 Å². The quantitative estimate of drug-likeness (QED) is 0.907. The fraction of sp³-hybridized carbons (Fsp3) is 0.857. The molecular formula is C14H23N3O2. The molecule has 5 heteroatoms. The molecule has 106 valence electrons. The molecule has 3 rings (SSSR count). The van der Waals surface area contributed by atoms with E-state index in [1.807, 2.05) is 6.92 Å². The highest BCUT2D eigenvalue weighted by molar-refractivity contribution is 5.06. The van der Waals surface area contributed by atoms with Crippen LogP contribution < -0.4 is 5.32 Å². The number of nitrogens with zero attached hydrogens (tertiary/aromatic N) is 2. The second-order valence-corrected chi connectivity index (χ2v) is 5.59. The first-order chi connectivity index (χ1) is 9.34. The molecule has 0 amide bonds. The van der Waals surface area contributed by atoms with Crippen molar-refractivity contribution in [3.8, 4) is 0 Å². The highest BCUT2D eigenvalue weighted by Gasteiger charge is 2.41. The Hall–Kier alpha value is -0.940. The summed E-state index contributed by atoms with van der Waals surface area (Å²) in [5.74, 6) is 1.50. The first kappa shape index (κ1) is 13.1. The molecule has 2 aliphatic rings. The Labute approximate surface area is 114 Å². The monoisotopic (exact) mass is 265 g/mol. The van der Waals surface area contributed by atoms with Gasteiger partial charge in [-0.05, 0) is 52.0 Å². The van der Waals surface area contributed by atoms with Crippen LogP contribution in [0.4, 0.5) is 0 Å². The van der Waals surface area contributed by atoms with Gasteiger partial charge in [-0.25, -0.2) is 0 Å². The largest absolute Gasteiger partial charge is 0.367 e. The highest BCUT2D eigenvalue weighted by Crippen LogP contribution is 2.41. The van der Waals surface area contributed by atoms with Crippen LogP contribution in [-0.2, 0) is 10.3 Å². The van der Waals surface area contributed by atoms with Gasteiger partial charge in [-0.1, -0.05) is 11.6 Å². The summed E-state index contributed by atoms with van der Waals surface area (Å²) in [6, 6.07) is 0.232. The molecule has 1 aromatic rings. The number of ether oxygens (including phenoxy) is 1. The van der Waals surface area contributed by atoms with Crippen molar-refractivity contribution in [3.05, 3.63) is 11.7 Å². The molecule has 1 saturated carbocycles. The summed E-state index contributed by atoms with van der Waals surface area (Å²) < 4.78 is 11.5. The van der Waals surface area contributed by atoms with Crippen molar-refractivity contribution in [1.82, 2.24) is 15.5 Å². The molecule has 1 aliphatic heterocycles. The minimum absolute atomic E-state index is 0.232. The lowest BCUT2D eigenvalue weighted by atomic mass is 10.0. The van der Waals surface area contributed by atoms with Crippen LogP contribution in [0.2, 0.25) is 0 Å². The minimum atomic E-state index is -0.287. The molecule has 2 heterocycles. The molecule has 1 unspecified atom stereocenters. The van der Waals surface area contributed by atoms with Crippen molar-refractivity contribution < 1.29 is 9.26 Å². The Bertz CT molecular complexity index is 407. The van der Waals surface area contributed by atoms with E-state index in [0.29, 0.717) is 6.61 Å². The number of rotatable bonds is 4. The third-order valence-electron chi connectivity index (χ3n) is 4.29. The summed E-state index contributed by atoms with van der Waals surface area (Å²) in [5, 5.41) is 7.66. The molecule has 0 spiro atoms. The molecule has 5 nitrogen and oxygen atoms in total. The molecule has 1 saturated heterocycles. The number of hydrogen-bond acceptors (Lipinski definition) is 5. The van der Waals surface area contributed by atoms with Crippen LogP contribution in [0.15, 0.2) is 4.52 Å². The number of hydrogen-bond donors (Lipinski definition) is 1. The van der Waals surface area contributed by atoms with E-state index in [4.69, 9.17) is 9.26 Å². The molecule has 1 N–H and O–H groups in total. The maximum atomic E-state index is 5.97. The lowest BCUT2D eigenvalue weighted by Gasteiger charge is -2.25. The second kappa shape index (κ2) is 5.59. The minimum Gasteiger partial charge on any atom is -0.367 e. The number of aromatic nitrogens is 2. The molecule has 0 radical (unpaired) electrons. The van der Waals surface area contributed by atoms with Crippen molar-refractivity contribution in [2.24, 2.45) is 0 Å². The van der Waals surface area contributed by atoms with Crippen LogP contribution in [0.25, 0.3) is 0 Å². The Morgan fingerprint density at radius 1 is 1.32 bits per heavy atom. The van der Waals surface area contributed by atoms with Gasteiger partial charge >= 0.3 is 0 Å². The van der Waals surface area contributed by atoms with Gasteiger partial charge in [-0.3, -0.25) is 0 Å². The molecule has 0 bridgehead atoms. The van der Waals surface area contributed by atoms with Crippen molar-refractivity contribution in [2.45, 2.75) is 63.5 Å². The van der Waals surface area contributed by atoms with E-state index in [1.165, 1.54) is 25.7 Å². The Kier molecular flexibility index (Phi) is 3.84. The second-order valence-electron chi connectivity index (χ2n) is 5.59. The smallest absolute Gasteiger partial charge is 0.243 e. The zero-order valence-electron chi connectivity index (χ0n) is 11.7. The molecule has 1 atom stereocenters. The average molecular weight is 265 g/mol. The normalized spacial score (nSPS) is 26.7.